The zero-order valence-corrected chi connectivity index (χ0v) is 8.72. The maximum Gasteiger partial charge on any atom is 0.239 e. The van der Waals surface area contributed by atoms with Gasteiger partial charge in [0.05, 0.1) is 6.04 Å². The first-order chi connectivity index (χ1) is 5.65. The molecule has 1 aliphatic rings. The van der Waals surface area contributed by atoms with Gasteiger partial charge in [0.1, 0.15) is 0 Å². The van der Waals surface area contributed by atoms with Crippen molar-refractivity contribution in [2.24, 2.45) is 17.4 Å². The highest BCUT2D eigenvalue weighted by Crippen LogP contribution is 2.14. The van der Waals surface area contributed by atoms with E-state index in [4.69, 9.17) is 11.5 Å². The number of halogens is 1. The van der Waals surface area contributed by atoms with E-state index in [0.717, 1.165) is 19.5 Å². The molecule has 2 atom stereocenters. The molecular weight excluding hydrogens is 190 g/mol. The molecule has 0 aromatic heterocycles. The summed E-state index contributed by atoms with van der Waals surface area (Å²) in [7, 11) is 0. The van der Waals surface area contributed by atoms with Crippen LogP contribution in [0.2, 0.25) is 0 Å². The average molecular weight is 208 g/mol. The average Bonchev–Trinajstić information content (AvgIpc) is 2.50. The summed E-state index contributed by atoms with van der Waals surface area (Å²) in [6, 6.07) is -0.374. The van der Waals surface area contributed by atoms with E-state index in [-0.39, 0.29) is 24.4 Å². The molecule has 4 N–H and O–H groups in total. The minimum atomic E-state index is -0.374. The number of rotatable bonds is 2. The number of hydrogen-bond donors (Lipinski definition) is 2. The second-order valence-electron chi connectivity index (χ2n) is 3.46. The smallest absolute Gasteiger partial charge is 0.239 e. The summed E-state index contributed by atoms with van der Waals surface area (Å²) in [5.41, 5.74) is 11.0. The third-order valence-corrected chi connectivity index (χ3v) is 2.32. The van der Waals surface area contributed by atoms with E-state index in [9.17, 15) is 4.79 Å². The quantitative estimate of drug-likeness (QED) is 0.645. The van der Waals surface area contributed by atoms with Crippen LogP contribution in [-0.4, -0.2) is 36.5 Å². The Bertz CT molecular complexity index is 175. The van der Waals surface area contributed by atoms with E-state index < -0.39 is 0 Å². The Morgan fingerprint density at radius 1 is 1.69 bits per heavy atom. The summed E-state index contributed by atoms with van der Waals surface area (Å²) in [6.07, 6.45) is 1.02. The minimum absolute atomic E-state index is 0. The second-order valence-corrected chi connectivity index (χ2v) is 3.46. The molecule has 0 spiro atoms. The fourth-order valence-corrected chi connectivity index (χ4v) is 1.51. The van der Waals surface area contributed by atoms with Crippen molar-refractivity contribution in [2.45, 2.75) is 19.4 Å². The van der Waals surface area contributed by atoms with Crippen LogP contribution in [0.3, 0.4) is 0 Å². The highest BCUT2D eigenvalue weighted by molar-refractivity contribution is 5.85. The number of nitrogens with zero attached hydrogens (tertiary/aromatic N) is 1. The van der Waals surface area contributed by atoms with Gasteiger partial charge in [-0.15, -0.1) is 12.4 Å². The van der Waals surface area contributed by atoms with Crippen LogP contribution in [-0.2, 0) is 4.79 Å². The Labute approximate surface area is 85.0 Å². The van der Waals surface area contributed by atoms with Gasteiger partial charge in [-0.3, -0.25) is 4.79 Å². The Kier molecular flexibility index (Phi) is 5.29. The Morgan fingerprint density at radius 3 is 2.69 bits per heavy atom. The van der Waals surface area contributed by atoms with Gasteiger partial charge in [0.25, 0.3) is 0 Å². The number of likely N-dealkylation sites (tertiary alicyclic amines) is 1. The third-order valence-electron chi connectivity index (χ3n) is 2.32. The van der Waals surface area contributed by atoms with E-state index in [1.807, 2.05) is 4.90 Å². The molecule has 1 aliphatic heterocycles. The molecule has 1 unspecified atom stereocenters. The van der Waals surface area contributed by atoms with Crippen molar-refractivity contribution in [3.05, 3.63) is 0 Å². The minimum Gasteiger partial charge on any atom is -0.341 e. The molecule has 1 fully saturated rings. The van der Waals surface area contributed by atoms with Gasteiger partial charge in [-0.25, -0.2) is 0 Å². The number of carbonyl (C=O) groups excluding carboxylic acids is 1. The fraction of sp³-hybridized carbons (Fsp3) is 0.875. The first-order valence-electron chi connectivity index (χ1n) is 4.39. The first kappa shape index (κ1) is 12.7. The molecule has 0 aromatic rings. The summed E-state index contributed by atoms with van der Waals surface area (Å²) in [4.78, 5) is 13.2. The van der Waals surface area contributed by atoms with Crippen LogP contribution in [0.25, 0.3) is 0 Å². The highest BCUT2D eigenvalue weighted by Gasteiger charge is 2.26. The molecule has 1 amide bonds. The Balaban J connectivity index is 0.00000144. The summed E-state index contributed by atoms with van der Waals surface area (Å²) in [5, 5.41) is 0. The number of hydrogen-bond acceptors (Lipinski definition) is 3. The van der Waals surface area contributed by atoms with Crippen LogP contribution >= 0.6 is 12.4 Å². The van der Waals surface area contributed by atoms with Crippen molar-refractivity contribution in [1.29, 1.82) is 0 Å². The van der Waals surface area contributed by atoms with E-state index in [2.05, 4.69) is 0 Å². The van der Waals surface area contributed by atoms with Crippen LogP contribution < -0.4 is 11.5 Å². The van der Waals surface area contributed by atoms with Crippen LogP contribution in [0.1, 0.15) is 13.3 Å². The van der Waals surface area contributed by atoms with Gasteiger partial charge in [-0.05, 0) is 25.8 Å². The van der Waals surface area contributed by atoms with Crippen LogP contribution in [0, 0.1) is 5.92 Å². The second kappa shape index (κ2) is 5.42. The van der Waals surface area contributed by atoms with Crippen molar-refractivity contribution in [3.8, 4) is 0 Å². The molecule has 1 heterocycles. The maximum atomic E-state index is 11.4. The molecule has 5 heteroatoms. The first-order valence-corrected chi connectivity index (χ1v) is 4.39. The molecule has 1 saturated heterocycles. The zero-order valence-electron chi connectivity index (χ0n) is 7.90. The van der Waals surface area contributed by atoms with Gasteiger partial charge in [-0.1, -0.05) is 0 Å². The summed E-state index contributed by atoms with van der Waals surface area (Å²) in [6.45, 7) is 4.00. The molecule has 0 aliphatic carbocycles. The highest BCUT2D eigenvalue weighted by atomic mass is 35.5. The largest absolute Gasteiger partial charge is 0.341 e. The van der Waals surface area contributed by atoms with Gasteiger partial charge < -0.3 is 16.4 Å². The van der Waals surface area contributed by atoms with Gasteiger partial charge >= 0.3 is 0 Å². The molecule has 13 heavy (non-hydrogen) atoms. The normalized spacial score (nSPS) is 23.9. The van der Waals surface area contributed by atoms with E-state index in [1.165, 1.54) is 0 Å². The van der Waals surface area contributed by atoms with Crippen LogP contribution in [0.4, 0.5) is 0 Å². The summed E-state index contributed by atoms with van der Waals surface area (Å²) >= 11 is 0. The number of nitrogens with two attached hydrogens (primary N) is 2. The van der Waals surface area contributed by atoms with Crippen molar-refractivity contribution in [1.82, 2.24) is 4.90 Å². The molecule has 0 bridgehead atoms. The third kappa shape index (κ3) is 3.14. The molecular formula is C8H18ClN3O. The molecule has 0 aromatic carbocycles. The molecule has 78 valence electrons. The molecule has 0 radical (unpaired) electrons. The lowest BCUT2D eigenvalue weighted by Gasteiger charge is -2.18. The fourth-order valence-electron chi connectivity index (χ4n) is 1.51. The van der Waals surface area contributed by atoms with E-state index in [0.29, 0.717) is 12.5 Å². The zero-order chi connectivity index (χ0) is 9.14. The number of carbonyl (C=O) groups is 1. The topological polar surface area (TPSA) is 72.4 Å². The van der Waals surface area contributed by atoms with Gasteiger partial charge in [0.2, 0.25) is 5.91 Å². The summed E-state index contributed by atoms with van der Waals surface area (Å²) < 4.78 is 0. The van der Waals surface area contributed by atoms with Crippen LogP contribution in [0.5, 0.6) is 0 Å². The predicted molar refractivity (Wildman–Crippen MR) is 54.6 cm³/mol. The Hall–Kier alpha value is -0.320. The van der Waals surface area contributed by atoms with Gasteiger partial charge in [0, 0.05) is 13.1 Å². The van der Waals surface area contributed by atoms with Crippen molar-refractivity contribution in [2.75, 3.05) is 19.6 Å². The predicted octanol–water partition coefficient (Wildman–Crippen LogP) is -0.437. The summed E-state index contributed by atoms with van der Waals surface area (Å²) in [5.74, 6) is 0.527. The van der Waals surface area contributed by atoms with Gasteiger partial charge in [0.15, 0.2) is 0 Å². The molecule has 4 nitrogen and oxygen atoms in total. The molecule has 0 saturated carbocycles. The monoisotopic (exact) mass is 207 g/mol. The van der Waals surface area contributed by atoms with Crippen molar-refractivity contribution in [3.63, 3.8) is 0 Å². The van der Waals surface area contributed by atoms with Crippen molar-refractivity contribution >= 4 is 18.3 Å². The lowest BCUT2D eigenvalue weighted by molar-refractivity contribution is -0.131. The standard InChI is InChI=1S/C8H17N3O.ClH/c1-6(10)8(12)11-3-2-7(4-9)5-11;/h6-7H,2-5,9-10H2,1H3;1H/t6-,7?;/m1./s1. The SMILES string of the molecule is C[C@@H](N)C(=O)N1CCC(CN)C1.Cl. The van der Waals surface area contributed by atoms with Crippen LogP contribution in [0.15, 0.2) is 0 Å². The Morgan fingerprint density at radius 2 is 2.31 bits per heavy atom. The van der Waals surface area contributed by atoms with Crippen molar-refractivity contribution < 1.29 is 4.79 Å². The lowest BCUT2D eigenvalue weighted by atomic mass is 10.1. The van der Waals surface area contributed by atoms with E-state index in [1.54, 1.807) is 6.92 Å². The number of amides is 1. The lowest BCUT2D eigenvalue weighted by Crippen LogP contribution is -2.41. The maximum absolute atomic E-state index is 11.4. The van der Waals surface area contributed by atoms with Gasteiger partial charge in [-0.2, -0.15) is 0 Å². The molecule has 1 rings (SSSR count). The van der Waals surface area contributed by atoms with E-state index >= 15 is 0 Å².